The Morgan fingerprint density at radius 3 is 2.81 bits per heavy atom. The van der Waals surface area contributed by atoms with Crippen LogP contribution >= 0.6 is 0 Å². The Morgan fingerprint density at radius 2 is 2.06 bits per heavy atom. The van der Waals surface area contributed by atoms with Crippen LogP contribution in [0.25, 0.3) is 17.1 Å². The van der Waals surface area contributed by atoms with E-state index in [1.807, 2.05) is 32.2 Å². The number of likely N-dealkylation sites (tertiary alicyclic amines) is 1. The lowest BCUT2D eigenvalue weighted by Crippen LogP contribution is -2.35. The molecular weight excluding hydrogens is 394 g/mol. The fourth-order valence-electron chi connectivity index (χ4n) is 4.25. The van der Waals surface area contributed by atoms with Crippen LogP contribution in [-0.4, -0.2) is 57.7 Å². The molecule has 1 saturated heterocycles. The summed E-state index contributed by atoms with van der Waals surface area (Å²) in [7, 11) is 0. The van der Waals surface area contributed by atoms with Crippen molar-refractivity contribution in [1.29, 1.82) is 0 Å². The van der Waals surface area contributed by atoms with Crippen LogP contribution < -0.4 is 0 Å². The number of carbonyl (C=O) groups is 1. The van der Waals surface area contributed by atoms with Crippen molar-refractivity contribution in [2.24, 2.45) is 0 Å². The molecule has 2 aromatic rings. The van der Waals surface area contributed by atoms with Gasteiger partial charge in [-0.1, -0.05) is 12.8 Å². The number of hydrogen-bond donors (Lipinski definition) is 2. The first-order valence-electron chi connectivity index (χ1n) is 11.1. The number of hydrogen-bond acceptors (Lipinski definition) is 6. The number of Topliss-reactive ketones (excluding diaryl/α,β-unsaturated/α-hetero) is 1. The Bertz CT molecular complexity index is 997. The Balaban J connectivity index is 1.70. The smallest absolute Gasteiger partial charge is 0.232 e. The highest BCUT2D eigenvalue weighted by Crippen LogP contribution is 2.38. The second-order valence-corrected chi connectivity index (χ2v) is 8.60. The van der Waals surface area contributed by atoms with Gasteiger partial charge in [-0.15, -0.1) is 0 Å². The molecule has 2 aliphatic heterocycles. The summed E-state index contributed by atoms with van der Waals surface area (Å²) in [6, 6.07) is 3.84. The number of aromatic nitrogens is 2. The fraction of sp³-hybridized carbons (Fsp3) is 0.500. The molecule has 4 heterocycles. The molecule has 2 aliphatic rings. The summed E-state index contributed by atoms with van der Waals surface area (Å²) in [6.07, 6.45) is 10.4. The third-order valence-electron chi connectivity index (χ3n) is 5.90. The molecule has 0 aliphatic carbocycles. The van der Waals surface area contributed by atoms with E-state index in [1.54, 1.807) is 12.3 Å². The van der Waals surface area contributed by atoms with Crippen LogP contribution in [0.5, 0.6) is 0 Å². The van der Waals surface area contributed by atoms with Crippen LogP contribution in [0, 0.1) is 0 Å². The average molecular weight is 426 g/mol. The minimum absolute atomic E-state index is 0.0539. The maximum absolute atomic E-state index is 13.6. The van der Waals surface area contributed by atoms with E-state index in [9.17, 15) is 4.79 Å². The van der Waals surface area contributed by atoms with Gasteiger partial charge in [0, 0.05) is 49.6 Å². The van der Waals surface area contributed by atoms with Gasteiger partial charge in [-0.2, -0.15) is 0 Å². The van der Waals surface area contributed by atoms with Crippen molar-refractivity contribution in [3.63, 3.8) is 0 Å². The number of rotatable bonds is 7. The number of nitrogens with zero attached hydrogens (tertiary/aromatic N) is 2. The average Bonchev–Trinajstić information content (AvgIpc) is 3.18. The summed E-state index contributed by atoms with van der Waals surface area (Å²) in [6.45, 7) is 5.96. The predicted molar refractivity (Wildman–Crippen MR) is 119 cm³/mol. The molecule has 0 bridgehead atoms. The molecule has 0 amide bonds. The first-order valence-corrected chi connectivity index (χ1v) is 11.1. The van der Waals surface area contributed by atoms with Crippen LogP contribution in [0.3, 0.4) is 0 Å². The molecule has 0 radical (unpaired) electrons. The van der Waals surface area contributed by atoms with Crippen molar-refractivity contribution in [2.45, 2.75) is 51.6 Å². The molecule has 2 N–H and O–H groups in total. The standard InChI is InChI=1S/C24H31N3O4/c1-24(2,30-14-8-13-28)20-21(29)19(31-23(20)27-11-5-3-4-6-12-27)15-17-16-26-22-18(17)9-7-10-25-22/h7,9-10,15-16,28H,3-6,8,11-14H2,1-2H3,(H,25,26)/b19-15-. The van der Waals surface area contributed by atoms with Crippen molar-refractivity contribution in [2.75, 3.05) is 26.3 Å². The Hall–Kier alpha value is -2.64. The van der Waals surface area contributed by atoms with Crippen molar-refractivity contribution >= 4 is 22.9 Å². The summed E-state index contributed by atoms with van der Waals surface area (Å²) in [4.78, 5) is 23.2. The van der Waals surface area contributed by atoms with Crippen LogP contribution in [0.15, 0.2) is 41.7 Å². The minimum atomic E-state index is -0.828. The van der Waals surface area contributed by atoms with Crippen LogP contribution in [0.4, 0.5) is 0 Å². The number of aliphatic hydroxyl groups excluding tert-OH is 1. The summed E-state index contributed by atoms with van der Waals surface area (Å²) in [5, 5.41) is 10.1. The zero-order valence-electron chi connectivity index (χ0n) is 18.3. The Kier molecular flexibility index (Phi) is 6.43. The van der Waals surface area contributed by atoms with Gasteiger partial charge >= 0.3 is 0 Å². The summed E-state index contributed by atoms with van der Waals surface area (Å²) in [5.74, 6) is 0.773. The number of pyridine rings is 1. The van der Waals surface area contributed by atoms with E-state index in [2.05, 4.69) is 14.9 Å². The number of nitrogens with one attached hydrogen (secondary N) is 1. The van der Waals surface area contributed by atoms with Gasteiger partial charge in [-0.25, -0.2) is 4.98 Å². The zero-order chi connectivity index (χ0) is 21.8. The number of H-pyrrole nitrogens is 1. The van der Waals surface area contributed by atoms with E-state index in [1.165, 1.54) is 12.8 Å². The zero-order valence-corrected chi connectivity index (χ0v) is 18.3. The molecule has 0 unspecified atom stereocenters. The van der Waals surface area contributed by atoms with Crippen molar-refractivity contribution in [3.8, 4) is 0 Å². The first kappa shape index (κ1) is 21.6. The van der Waals surface area contributed by atoms with E-state index in [0.717, 1.165) is 42.5 Å². The molecule has 0 aromatic carbocycles. The Morgan fingerprint density at radius 1 is 1.29 bits per heavy atom. The molecule has 31 heavy (non-hydrogen) atoms. The molecular formula is C24H31N3O4. The van der Waals surface area contributed by atoms with Gasteiger partial charge in [0.05, 0.1) is 11.2 Å². The minimum Gasteiger partial charge on any atom is -0.436 e. The third-order valence-corrected chi connectivity index (χ3v) is 5.90. The summed E-state index contributed by atoms with van der Waals surface area (Å²) < 4.78 is 12.3. The van der Waals surface area contributed by atoms with Gasteiger partial charge < -0.3 is 24.5 Å². The van der Waals surface area contributed by atoms with E-state index in [0.29, 0.717) is 30.2 Å². The molecule has 0 spiro atoms. The molecule has 166 valence electrons. The molecule has 7 heteroatoms. The molecule has 0 saturated carbocycles. The third kappa shape index (κ3) is 4.52. The van der Waals surface area contributed by atoms with E-state index in [-0.39, 0.29) is 12.4 Å². The predicted octanol–water partition coefficient (Wildman–Crippen LogP) is 3.77. The second-order valence-electron chi connectivity index (χ2n) is 8.60. The van der Waals surface area contributed by atoms with Gasteiger partial charge in [-0.3, -0.25) is 4.79 Å². The summed E-state index contributed by atoms with van der Waals surface area (Å²) >= 11 is 0. The monoisotopic (exact) mass is 425 g/mol. The second kappa shape index (κ2) is 9.24. The first-order chi connectivity index (χ1) is 15.0. The highest BCUT2D eigenvalue weighted by molar-refractivity contribution is 6.13. The van der Waals surface area contributed by atoms with Gasteiger partial charge in [0.1, 0.15) is 5.65 Å². The van der Waals surface area contributed by atoms with Crippen molar-refractivity contribution in [1.82, 2.24) is 14.9 Å². The number of ether oxygens (including phenoxy) is 2. The largest absolute Gasteiger partial charge is 0.436 e. The van der Waals surface area contributed by atoms with Crippen LogP contribution in [-0.2, 0) is 14.3 Å². The lowest BCUT2D eigenvalue weighted by Gasteiger charge is -2.29. The van der Waals surface area contributed by atoms with Gasteiger partial charge in [-0.05, 0) is 51.3 Å². The lowest BCUT2D eigenvalue weighted by atomic mass is 9.93. The SMILES string of the molecule is CC(C)(OCCCO)C1=C(N2CCCCCC2)O/C(=C\c2c[nH]c3ncccc23)C1=O. The van der Waals surface area contributed by atoms with E-state index in [4.69, 9.17) is 14.6 Å². The number of aromatic amines is 1. The lowest BCUT2D eigenvalue weighted by molar-refractivity contribution is -0.115. The van der Waals surface area contributed by atoms with Crippen molar-refractivity contribution < 1.29 is 19.4 Å². The molecule has 7 nitrogen and oxygen atoms in total. The normalized spacial score (nSPS) is 19.4. The molecule has 1 fully saturated rings. The van der Waals surface area contributed by atoms with Crippen LogP contribution in [0.2, 0.25) is 0 Å². The maximum atomic E-state index is 13.6. The fourth-order valence-corrected chi connectivity index (χ4v) is 4.25. The molecule has 0 atom stereocenters. The maximum Gasteiger partial charge on any atom is 0.232 e. The summed E-state index contributed by atoms with van der Waals surface area (Å²) in [5.41, 5.74) is 1.36. The quantitative estimate of drug-likeness (QED) is 0.519. The van der Waals surface area contributed by atoms with E-state index >= 15 is 0 Å². The number of fused-ring (bicyclic) bond motifs is 1. The number of allylic oxidation sites excluding steroid dienone is 1. The van der Waals surface area contributed by atoms with Gasteiger partial charge in [0.25, 0.3) is 0 Å². The van der Waals surface area contributed by atoms with Crippen molar-refractivity contribution in [3.05, 3.63) is 47.3 Å². The number of aliphatic hydroxyl groups is 1. The van der Waals surface area contributed by atoms with Gasteiger partial charge in [0.2, 0.25) is 11.7 Å². The Labute approximate surface area is 182 Å². The highest BCUT2D eigenvalue weighted by Gasteiger charge is 2.43. The number of carbonyl (C=O) groups excluding carboxylic acids is 1. The van der Waals surface area contributed by atoms with Crippen LogP contribution in [0.1, 0.15) is 51.5 Å². The molecule has 2 aromatic heterocycles. The number of ketones is 1. The van der Waals surface area contributed by atoms with E-state index < -0.39 is 5.60 Å². The molecule has 4 rings (SSSR count). The van der Waals surface area contributed by atoms with Gasteiger partial charge in [0.15, 0.2) is 5.76 Å². The topological polar surface area (TPSA) is 87.7 Å². The highest BCUT2D eigenvalue weighted by atomic mass is 16.5.